The van der Waals surface area contributed by atoms with Gasteiger partial charge in [0.15, 0.2) is 0 Å². The summed E-state index contributed by atoms with van der Waals surface area (Å²) in [4.78, 5) is 14.3. The van der Waals surface area contributed by atoms with E-state index in [0.717, 1.165) is 19.1 Å². The predicted octanol–water partition coefficient (Wildman–Crippen LogP) is 3.62. The number of hydrogen-bond acceptors (Lipinski definition) is 5. The summed E-state index contributed by atoms with van der Waals surface area (Å²) >= 11 is 0. The SMILES string of the molecule is CS(=O)(=O)OCC1CCCN(C(=O)OCC2c3ccccc3-c3ccccc32)C1. The van der Waals surface area contributed by atoms with Gasteiger partial charge in [0.2, 0.25) is 0 Å². The number of amides is 1. The molecule has 154 valence electrons. The summed E-state index contributed by atoms with van der Waals surface area (Å²) in [5.41, 5.74) is 4.75. The van der Waals surface area contributed by atoms with Crippen molar-refractivity contribution in [2.24, 2.45) is 5.92 Å². The quantitative estimate of drug-likeness (QED) is 0.698. The van der Waals surface area contributed by atoms with Gasteiger partial charge in [-0.15, -0.1) is 0 Å². The molecular weight excluding hydrogens is 390 g/mol. The number of nitrogens with zero attached hydrogens (tertiary/aromatic N) is 1. The highest BCUT2D eigenvalue weighted by Crippen LogP contribution is 2.44. The average molecular weight is 416 g/mol. The minimum Gasteiger partial charge on any atom is -0.448 e. The van der Waals surface area contributed by atoms with Crippen molar-refractivity contribution in [1.29, 1.82) is 0 Å². The second-order valence-electron chi connectivity index (χ2n) is 7.75. The molecule has 2 aromatic carbocycles. The zero-order chi connectivity index (χ0) is 20.4. The standard InChI is InChI=1S/C22H25NO5S/c1-29(25,26)28-14-16-7-6-12-23(13-16)22(24)27-15-21-19-10-4-2-8-17(19)18-9-3-5-11-20(18)21/h2-5,8-11,16,21H,6-7,12-15H2,1H3. The lowest BCUT2D eigenvalue weighted by atomic mass is 9.98. The molecule has 6 nitrogen and oxygen atoms in total. The molecule has 0 radical (unpaired) electrons. The number of carbonyl (C=O) groups is 1. The van der Waals surface area contributed by atoms with E-state index in [-0.39, 0.29) is 31.1 Å². The van der Waals surface area contributed by atoms with E-state index >= 15 is 0 Å². The Morgan fingerprint density at radius 2 is 1.66 bits per heavy atom. The Hall–Kier alpha value is -2.38. The van der Waals surface area contributed by atoms with Gasteiger partial charge in [0.05, 0.1) is 12.9 Å². The van der Waals surface area contributed by atoms with Crippen molar-refractivity contribution in [2.75, 3.05) is 32.6 Å². The summed E-state index contributed by atoms with van der Waals surface area (Å²) in [7, 11) is -3.47. The Morgan fingerprint density at radius 1 is 1.03 bits per heavy atom. The first-order valence-electron chi connectivity index (χ1n) is 9.86. The Kier molecular flexibility index (Phi) is 5.61. The first-order valence-corrected chi connectivity index (χ1v) is 11.7. The predicted molar refractivity (Wildman–Crippen MR) is 110 cm³/mol. The van der Waals surface area contributed by atoms with Crippen molar-refractivity contribution in [3.05, 3.63) is 59.7 Å². The molecular formula is C22H25NO5S. The molecule has 0 aromatic heterocycles. The van der Waals surface area contributed by atoms with E-state index in [2.05, 4.69) is 24.3 Å². The third-order valence-corrected chi connectivity index (χ3v) is 6.20. The monoisotopic (exact) mass is 415 g/mol. The lowest BCUT2D eigenvalue weighted by Crippen LogP contribution is -2.42. The zero-order valence-electron chi connectivity index (χ0n) is 16.4. The van der Waals surface area contributed by atoms with Crippen LogP contribution in [0.2, 0.25) is 0 Å². The molecule has 0 N–H and O–H groups in total. The van der Waals surface area contributed by atoms with Crippen LogP contribution in [0.15, 0.2) is 48.5 Å². The van der Waals surface area contributed by atoms with Crippen LogP contribution >= 0.6 is 0 Å². The Bertz CT molecular complexity index is 958. The molecule has 0 saturated carbocycles. The van der Waals surface area contributed by atoms with E-state index < -0.39 is 10.1 Å². The van der Waals surface area contributed by atoms with Crippen LogP contribution in [0.5, 0.6) is 0 Å². The van der Waals surface area contributed by atoms with Crippen molar-refractivity contribution >= 4 is 16.2 Å². The van der Waals surface area contributed by atoms with Crippen LogP contribution in [0.4, 0.5) is 4.79 Å². The average Bonchev–Trinajstić information content (AvgIpc) is 3.04. The third-order valence-electron chi connectivity index (χ3n) is 5.63. The van der Waals surface area contributed by atoms with Crippen LogP contribution < -0.4 is 0 Å². The van der Waals surface area contributed by atoms with Crippen molar-refractivity contribution in [3.63, 3.8) is 0 Å². The summed E-state index contributed by atoms with van der Waals surface area (Å²) in [6.45, 7) is 1.46. The second kappa shape index (κ2) is 8.16. The van der Waals surface area contributed by atoms with Crippen LogP contribution in [0.3, 0.4) is 0 Å². The summed E-state index contributed by atoms with van der Waals surface area (Å²) < 4.78 is 33.0. The Labute approximate surface area is 171 Å². The van der Waals surface area contributed by atoms with E-state index in [9.17, 15) is 13.2 Å². The van der Waals surface area contributed by atoms with Crippen LogP contribution in [-0.2, 0) is 19.0 Å². The molecule has 4 rings (SSSR count). The lowest BCUT2D eigenvalue weighted by molar-refractivity contribution is 0.0747. The van der Waals surface area contributed by atoms with Crippen LogP contribution in [0.1, 0.15) is 29.9 Å². The van der Waals surface area contributed by atoms with Crippen LogP contribution in [0, 0.1) is 5.92 Å². The van der Waals surface area contributed by atoms with Gasteiger partial charge >= 0.3 is 6.09 Å². The van der Waals surface area contributed by atoms with E-state index in [4.69, 9.17) is 8.92 Å². The Balaban J connectivity index is 1.40. The van der Waals surface area contributed by atoms with E-state index in [1.165, 1.54) is 22.3 Å². The maximum atomic E-state index is 12.7. The highest BCUT2D eigenvalue weighted by atomic mass is 32.2. The summed E-state index contributed by atoms with van der Waals surface area (Å²) in [6.07, 6.45) is 2.33. The molecule has 1 amide bonds. The molecule has 0 bridgehead atoms. The fourth-order valence-electron chi connectivity index (χ4n) is 4.27. The number of fused-ring (bicyclic) bond motifs is 3. The number of piperidine rings is 1. The number of ether oxygens (including phenoxy) is 1. The van der Waals surface area contributed by atoms with Gasteiger partial charge in [0.1, 0.15) is 6.61 Å². The number of likely N-dealkylation sites (tertiary alicyclic amines) is 1. The van der Waals surface area contributed by atoms with Gasteiger partial charge in [0, 0.05) is 24.9 Å². The first kappa shape index (κ1) is 19.9. The molecule has 1 saturated heterocycles. The molecule has 2 aromatic rings. The molecule has 29 heavy (non-hydrogen) atoms. The smallest absolute Gasteiger partial charge is 0.409 e. The number of rotatable bonds is 5. The van der Waals surface area contributed by atoms with Crippen LogP contribution in [-0.4, -0.2) is 52.0 Å². The van der Waals surface area contributed by atoms with Crippen molar-refractivity contribution in [3.8, 4) is 11.1 Å². The normalized spacial score (nSPS) is 18.9. The van der Waals surface area contributed by atoms with E-state index in [1.54, 1.807) is 4.90 Å². The fraction of sp³-hybridized carbons (Fsp3) is 0.409. The van der Waals surface area contributed by atoms with Gasteiger partial charge in [-0.3, -0.25) is 4.18 Å². The van der Waals surface area contributed by atoms with Crippen molar-refractivity contribution in [2.45, 2.75) is 18.8 Å². The highest BCUT2D eigenvalue weighted by molar-refractivity contribution is 7.85. The fourth-order valence-corrected chi connectivity index (χ4v) is 4.71. The third kappa shape index (κ3) is 4.46. The maximum Gasteiger partial charge on any atom is 0.409 e. The molecule has 1 fully saturated rings. The van der Waals surface area contributed by atoms with Gasteiger partial charge in [0.25, 0.3) is 10.1 Å². The van der Waals surface area contributed by atoms with E-state index in [1.807, 2.05) is 24.3 Å². The van der Waals surface area contributed by atoms with Gasteiger partial charge in [-0.25, -0.2) is 4.79 Å². The molecule has 0 spiro atoms. The summed E-state index contributed by atoms with van der Waals surface area (Å²) in [5.74, 6) is 0.0273. The van der Waals surface area contributed by atoms with Gasteiger partial charge < -0.3 is 9.64 Å². The first-order chi connectivity index (χ1) is 13.9. The molecule has 1 atom stereocenters. The van der Waals surface area contributed by atoms with Gasteiger partial charge in [-0.1, -0.05) is 48.5 Å². The van der Waals surface area contributed by atoms with Crippen molar-refractivity contribution < 1.29 is 22.1 Å². The number of carbonyl (C=O) groups excluding carboxylic acids is 1. The molecule has 2 aliphatic rings. The zero-order valence-corrected chi connectivity index (χ0v) is 17.2. The van der Waals surface area contributed by atoms with E-state index in [0.29, 0.717) is 13.1 Å². The topological polar surface area (TPSA) is 72.9 Å². The minimum absolute atomic E-state index is 0.000965. The maximum absolute atomic E-state index is 12.7. The summed E-state index contributed by atoms with van der Waals surface area (Å²) in [5, 5.41) is 0. The molecule has 1 aliphatic carbocycles. The van der Waals surface area contributed by atoms with Gasteiger partial charge in [-0.05, 0) is 35.1 Å². The molecule has 7 heteroatoms. The lowest BCUT2D eigenvalue weighted by Gasteiger charge is -2.32. The molecule has 1 aliphatic heterocycles. The molecule has 1 unspecified atom stereocenters. The number of benzene rings is 2. The largest absolute Gasteiger partial charge is 0.448 e. The summed E-state index contributed by atoms with van der Waals surface area (Å²) in [6, 6.07) is 16.5. The van der Waals surface area contributed by atoms with Crippen molar-refractivity contribution in [1.82, 2.24) is 4.90 Å². The number of hydrogen-bond donors (Lipinski definition) is 0. The Morgan fingerprint density at radius 3 is 2.28 bits per heavy atom. The van der Waals surface area contributed by atoms with Gasteiger partial charge in [-0.2, -0.15) is 8.42 Å². The van der Waals surface area contributed by atoms with Crippen LogP contribution in [0.25, 0.3) is 11.1 Å². The minimum atomic E-state index is -3.47. The second-order valence-corrected chi connectivity index (χ2v) is 9.39. The highest BCUT2D eigenvalue weighted by Gasteiger charge is 2.31. The molecule has 1 heterocycles.